The van der Waals surface area contributed by atoms with Gasteiger partial charge in [-0.15, -0.1) is 0 Å². The fourth-order valence-electron chi connectivity index (χ4n) is 1.94. The van der Waals surface area contributed by atoms with Crippen LogP contribution in [0, 0.1) is 0 Å². The average Bonchev–Trinajstić information content (AvgIpc) is 2.52. The van der Waals surface area contributed by atoms with E-state index in [-0.39, 0.29) is 11.2 Å². The number of H-pyrrole nitrogens is 1. The lowest BCUT2D eigenvalue weighted by Crippen LogP contribution is -2.18. The number of nitrogens with one attached hydrogen (secondary N) is 2. The van der Waals surface area contributed by atoms with Crippen molar-refractivity contribution >= 4 is 22.9 Å². The lowest BCUT2D eigenvalue weighted by molar-refractivity contribution is 0.213. The molecule has 0 radical (unpaired) electrons. The van der Waals surface area contributed by atoms with E-state index < -0.39 is 0 Å². The Labute approximate surface area is 128 Å². The van der Waals surface area contributed by atoms with Crippen molar-refractivity contribution in [1.29, 1.82) is 0 Å². The molecule has 7 heteroatoms. The van der Waals surface area contributed by atoms with E-state index in [0.717, 1.165) is 17.0 Å². The highest BCUT2D eigenvalue weighted by Gasteiger charge is 2.08. The molecule has 4 N–H and O–H groups in total. The van der Waals surface area contributed by atoms with Crippen LogP contribution in [0.4, 0.5) is 17.2 Å². The van der Waals surface area contributed by atoms with Crippen molar-refractivity contribution in [2.45, 2.75) is 20.3 Å². The number of nitrogens with zero attached hydrogens (tertiary/aromatic N) is 2. The summed E-state index contributed by atoms with van der Waals surface area (Å²) in [5.41, 5.74) is 7.90. The number of hydrogen-bond acceptors (Lipinski definition) is 6. The van der Waals surface area contributed by atoms with Crippen LogP contribution in [0.2, 0.25) is 0 Å². The number of nitrogens with two attached hydrogens (primary N) is 1. The topological polar surface area (TPSA) is 105 Å². The Bertz CT molecular complexity index is 752. The maximum atomic E-state index is 11.8. The largest absolute Gasteiger partial charge is 0.399 e. The van der Waals surface area contributed by atoms with Crippen LogP contribution < -0.4 is 16.6 Å². The molecule has 2 aromatic rings. The van der Waals surface area contributed by atoms with Gasteiger partial charge >= 0.3 is 0 Å². The fraction of sp³-hybridized carbons (Fsp3) is 0.267. The molecule has 0 saturated heterocycles. The van der Waals surface area contributed by atoms with E-state index >= 15 is 0 Å². The standard InChI is InChI=1S/C15H19N5O2/c1-4-12-18-14(13(16)15(21)19-12)17-11-7-5-6-10(8-11)9(2)20-22-3/h5-8H,4,16H2,1-3H3,(H2,17,18,19,21)/b20-9+. The van der Waals surface area contributed by atoms with Crippen LogP contribution in [0.25, 0.3) is 0 Å². The summed E-state index contributed by atoms with van der Waals surface area (Å²) in [6.45, 7) is 3.75. The maximum absolute atomic E-state index is 11.8. The molecule has 0 fully saturated rings. The van der Waals surface area contributed by atoms with Crippen LogP contribution in [0.3, 0.4) is 0 Å². The molecule has 0 spiro atoms. The number of hydrogen-bond donors (Lipinski definition) is 3. The number of rotatable bonds is 5. The Morgan fingerprint density at radius 2 is 2.27 bits per heavy atom. The molecule has 22 heavy (non-hydrogen) atoms. The molecule has 0 unspecified atom stereocenters. The Morgan fingerprint density at radius 1 is 1.50 bits per heavy atom. The van der Waals surface area contributed by atoms with Gasteiger partial charge in [0.05, 0.1) is 5.71 Å². The van der Waals surface area contributed by atoms with Crippen LogP contribution in [0.5, 0.6) is 0 Å². The van der Waals surface area contributed by atoms with Gasteiger partial charge in [-0.05, 0) is 19.1 Å². The number of nitrogen functional groups attached to an aromatic ring is 1. The van der Waals surface area contributed by atoms with Crippen molar-refractivity contribution in [1.82, 2.24) is 9.97 Å². The van der Waals surface area contributed by atoms with Crippen molar-refractivity contribution in [3.8, 4) is 0 Å². The lowest BCUT2D eigenvalue weighted by Gasteiger charge is -2.10. The second-order valence-electron chi connectivity index (χ2n) is 4.69. The third kappa shape index (κ3) is 3.43. The molecule has 116 valence electrons. The molecule has 0 aliphatic carbocycles. The van der Waals surface area contributed by atoms with Gasteiger partial charge in [0.1, 0.15) is 18.6 Å². The van der Waals surface area contributed by atoms with Crippen LogP contribution in [-0.2, 0) is 11.3 Å². The molecule has 1 heterocycles. The molecule has 0 amide bonds. The highest BCUT2D eigenvalue weighted by Crippen LogP contribution is 2.19. The number of aromatic nitrogens is 2. The van der Waals surface area contributed by atoms with Gasteiger partial charge in [-0.25, -0.2) is 4.98 Å². The second kappa shape index (κ2) is 6.75. The molecular weight excluding hydrogens is 282 g/mol. The molecule has 0 atom stereocenters. The average molecular weight is 301 g/mol. The van der Waals surface area contributed by atoms with Crippen molar-refractivity contribution in [3.05, 3.63) is 46.0 Å². The SMILES string of the molecule is CCc1nc(Nc2cccc(/C(C)=N/OC)c2)c(N)c(=O)[nH]1. The van der Waals surface area contributed by atoms with Gasteiger partial charge in [-0.1, -0.05) is 24.2 Å². The summed E-state index contributed by atoms with van der Waals surface area (Å²) in [4.78, 5) is 23.5. The van der Waals surface area contributed by atoms with Crippen molar-refractivity contribution in [3.63, 3.8) is 0 Å². The zero-order chi connectivity index (χ0) is 16.1. The van der Waals surface area contributed by atoms with Crippen molar-refractivity contribution < 1.29 is 4.84 Å². The molecular formula is C15H19N5O2. The maximum Gasteiger partial charge on any atom is 0.276 e. The summed E-state index contributed by atoms with van der Waals surface area (Å²) >= 11 is 0. The van der Waals surface area contributed by atoms with Crippen molar-refractivity contribution in [2.24, 2.45) is 5.16 Å². The van der Waals surface area contributed by atoms with Gasteiger partial charge in [-0.3, -0.25) is 4.79 Å². The minimum absolute atomic E-state index is 0.0601. The minimum atomic E-state index is -0.345. The van der Waals surface area contributed by atoms with Crippen LogP contribution in [0.1, 0.15) is 25.2 Å². The summed E-state index contributed by atoms with van der Waals surface area (Å²) < 4.78 is 0. The molecule has 1 aromatic heterocycles. The van der Waals surface area contributed by atoms with Gasteiger partial charge in [0.2, 0.25) is 0 Å². The predicted octanol–water partition coefficient (Wildman–Crippen LogP) is 2.03. The van der Waals surface area contributed by atoms with Gasteiger partial charge < -0.3 is 20.9 Å². The van der Waals surface area contributed by atoms with E-state index in [1.807, 2.05) is 38.1 Å². The first kappa shape index (κ1) is 15.6. The molecule has 0 aliphatic rings. The van der Waals surface area contributed by atoms with E-state index in [1.165, 1.54) is 7.11 Å². The molecule has 1 aromatic carbocycles. The molecule has 0 bridgehead atoms. The van der Waals surface area contributed by atoms with E-state index in [0.29, 0.717) is 18.1 Å². The number of oxime groups is 1. The van der Waals surface area contributed by atoms with E-state index in [9.17, 15) is 4.79 Å². The lowest BCUT2D eigenvalue weighted by atomic mass is 10.1. The molecule has 7 nitrogen and oxygen atoms in total. The summed E-state index contributed by atoms with van der Waals surface area (Å²) in [5, 5.41) is 6.97. The predicted molar refractivity (Wildman–Crippen MR) is 87.6 cm³/mol. The Hall–Kier alpha value is -2.83. The number of aryl methyl sites for hydroxylation is 1. The number of anilines is 3. The third-order valence-corrected chi connectivity index (χ3v) is 3.11. The molecule has 0 aliphatic heterocycles. The van der Waals surface area contributed by atoms with Crippen LogP contribution >= 0.6 is 0 Å². The Kier molecular flexibility index (Phi) is 4.77. The smallest absolute Gasteiger partial charge is 0.276 e. The summed E-state index contributed by atoms with van der Waals surface area (Å²) in [7, 11) is 1.50. The molecule has 2 rings (SSSR count). The zero-order valence-corrected chi connectivity index (χ0v) is 12.8. The quantitative estimate of drug-likeness (QED) is 0.579. The summed E-state index contributed by atoms with van der Waals surface area (Å²) in [5.74, 6) is 0.925. The second-order valence-corrected chi connectivity index (χ2v) is 4.69. The van der Waals surface area contributed by atoms with Gasteiger partial charge in [0, 0.05) is 17.7 Å². The Morgan fingerprint density at radius 3 is 2.95 bits per heavy atom. The summed E-state index contributed by atoms with van der Waals surface area (Å²) in [6.07, 6.45) is 0.615. The monoisotopic (exact) mass is 301 g/mol. The normalized spacial score (nSPS) is 11.3. The van der Waals surface area contributed by atoms with E-state index in [2.05, 4.69) is 20.4 Å². The van der Waals surface area contributed by atoms with Crippen LogP contribution in [-0.4, -0.2) is 22.8 Å². The van der Waals surface area contributed by atoms with Crippen molar-refractivity contribution in [2.75, 3.05) is 18.2 Å². The van der Waals surface area contributed by atoms with Gasteiger partial charge in [0.25, 0.3) is 5.56 Å². The minimum Gasteiger partial charge on any atom is -0.399 e. The molecule has 0 saturated carbocycles. The van der Waals surface area contributed by atoms with Gasteiger partial charge in [0.15, 0.2) is 5.82 Å². The summed E-state index contributed by atoms with van der Waals surface area (Å²) in [6, 6.07) is 7.52. The number of aromatic amines is 1. The third-order valence-electron chi connectivity index (χ3n) is 3.11. The Balaban J connectivity index is 2.36. The first-order valence-corrected chi connectivity index (χ1v) is 6.89. The van der Waals surface area contributed by atoms with Crippen LogP contribution in [0.15, 0.2) is 34.2 Å². The number of benzene rings is 1. The first-order valence-electron chi connectivity index (χ1n) is 6.89. The van der Waals surface area contributed by atoms with E-state index in [1.54, 1.807) is 0 Å². The highest BCUT2D eigenvalue weighted by molar-refractivity contribution is 5.99. The van der Waals surface area contributed by atoms with E-state index in [4.69, 9.17) is 10.6 Å². The first-order chi connectivity index (χ1) is 10.5. The fourth-order valence-corrected chi connectivity index (χ4v) is 1.94. The zero-order valence-electron chi connectivity index (χ0n) is 12.8. The van der Waals surface area contributed by atoms with Gasteiger partial charge in [-0.2, -0.15) is 0 Å². The highest BCUT2D eigenvalue weighted by atomic mass is 16.6.